The summed E-state index contributed by atoms with van der Waals surface area (Å²) in [5.41, 5.74) is 6.31. The molecule has 0 unspecified atom stereocenters. The van der Waals surface area contributed by atoms with Gasteiger partial charge in [-0.05, 0) is 36.4 Å². The largest absolute Gasteiger partial charge is 0.490 e. The lowest BCUT2D eigenvalue weighted by Gasteiger charge is -2.05. The summed E-state index contributed by atoms with van der Waals surface area (Å²) in [7, 11) is 0. The first-order valence-electron chi connectivity index (χ1n) is 6.15. The Morgan fingerprint density at radius 1 is 1.00 bits per heavy atom. The van der Waals surface area contributed by atoms with Crippen LogP contribution in [-0.2, 0) is 4.84 Å². The van der Waals surface area contributed by atoms with Crippen molar-refractivity contribution in [2.45, 2.75) is 0 Å². The Morgan fingerprint density at radius 3 is 2.40 bits per heavy atom. The minimum atomic E-state index is -0.321. The Labute approximate surface area is 116 Å². The van der Waals surface area contributed by atoms with E-state index < -0.39 is 0 Å². The molecule has 20 heavy (non-hydrogen) atoms. The van der Waals surface area contributed by atoms with Crippen molar-refractivity contribution < 1.29 is 14.0 Å². The van der Waals surface area contributed by atoms with Crippen molar-refractivity contribution in [1.29, 1.82) is 0 Å². The van der Waals surface area contributed by atoms with Crippen LogP contribution in [0.1, 0.15) is 5.56 Å². The maximum Gasteiger partial charge on any atom is 0.170 e. The molecule has 2 rings (SSSR count). The smallest absolute Gasteiger partial charge is 0.170 e. The number of para-hydroxylation sites is 1. The molecule has 0 saturated carbocycles. The highest BCUT2D eigenvalue weighted by Gasteiger charge is 1.99. The number of halogens is 1. The van der Waals surface area contributed by atoms with Gasteiger partial charge in [0.2, 0.25) is 0 Å². The minimum absolute atomic E-state index is 0.199. The van der Waals surface area contributed by atoms with Crippen LogP contribution in [-0.4, -0.2) is 19.0 Å². The second-order valence-electron chi connectivity index (χ2n) is 3.98. The molecule has 2 N–H and O–H groups in total. The van der Waals surface area contributed by atoms with Gasteiger partial charge in [-0.3, -0.25) is 0 Å². The molecule has 5 heteroatoms. The highest BCUT2D eigenvalue weighted by molar-refractivity contribution is 5.96. The lowest BCUT2D eigenvalue weighted by molar-refractivity contribution is 0.107. The van der Waals surface area contributed by atoms with Crippen LogP contribution in [0.25, 0.3) is 0 Å². The van der Waals surface area contributed by atoms with Crippen LogP contribution in [0.2, 0.25) is 0 Å². The van der Waals surface area contributed by atoms with Crippen molar-refractivity contribution in [3.8, 4) is 5.75 Å². The molecule has 2 aromatic rings. The van der Waals surface area contributed by atoms with E-state index in [0.717, 1.165) is 5.75 Å². The Hall–Kier alpha value is -2.56. The number of nitrogens with two attached hydrogens (primary N) is 1. The third-order valence-electron chi connectivity index (χ3n) is 2.49. The Morgan fingerprint density at radius 2 is 1.70 bits per heavy atom. The van der Waals surface area contributed by atoms with Crippen molar-refractivity contribution in [3.05, 3.63) is 66.0 Å². The zero-order chi connectivity index (χ0) is 14.2. The number of amidine groups is 1. The van der Waals surface area contributed by atoms with Gasteiger partial charge in [-0.25, -0.2) is 4.39 Å². The van der Waals surface area contributed by atoms with E-state index in [1.165, 1.54) is 24.3 Å². The van der Waals surface area contributed by atoms with Crippen LogP contribution in [0.15, 0.2) is 59.8 Å². The van der Waals surface area contributed by atoms with E-state index in [1.54, 1.807) is 0 Å². The molecule has 0 aliphatic rings. The standard InChI is InChI=1S/C15H15FN2O2/c16-13-8-6-12(7-9-13)15(17)18-20-11-10-19-14-4-2-1-3-5-14/h1-9H,10-11H2,(H2,17,18). The van der Waals surface area contributed by atoms with Gasteiger partial charge < -0.3 is 15.3 Å². The molecular formula is C15H15FN2O2. The predicted molar refractivity (Wildman–Crippen MR) is 75.0 cm³/mol. The fourth-order valence-corrected chi connectivity index (χ4v) is 1.50. The minimum Gasteiger partial charge on any atom is -0.490 e. The number of rotatable bonds is 6. The molecule has 104 valence electrons. The zero-order valence-electron chi connectivity index (χ0n) is 10.8. The topological polar surface area (TPSA) is 56.8 Å². The first-order chi connectivity index (χ1) is 9.75. The van der Waals surface area contributed by atoms with Gasteiger partial charge in [0.15, 0.2) is 12.4 Å². The van der Waals surface area contributed by atoms with Crippen molar-refractivity contribution in [1.82, 2.24) is 0 Å². The van der Waals surface area contributed by atoms with Gasteiger partial charge in [0.05, 0.1) is 0 Å². The van der Waals surface area contributed by atoms with E-state index in [9.17, 15) is 4.39 Å². The van der Waals surface area contributed by atoms with Gasteiger partial charge >= 0.3 is 0 Å². The average molecular weight is 274 g/mol. The monoisotopic (exact) mass is 274 g/mol. The van der Waals surface area contributed by atoms with Crippen LogP contribution >= 0.6 is 0 Å². The molecule has 0 bridgehead atoms. The van der Waals surface area contributed by atoms with Gasteiger partial charge in [-0.15, -0.1) is 0 Å². The van der Waals surface area contributed by atoms with Gasteiger partial charge in [0.25, 0.3) is 0 Å². The van der Waals surface area contributed by atoms with Crippen LogP contribution in [0.4, 0.5) is 4.39 Å². The number of hydrogen-bond donors (Lipinski definition) is 1. The summed E-state index contributed by atoms with van der Waals surface area (Å²) in [6.45, 7) is 0.640. The molecule has 0 fully saturated rings. The van der Waals surface area contributed by atoms with Crippen molar-refractivity contribution in [2.24, 2.45) is 10.9 Å². The summed E-state index contributed by atoms with van der Waals surface area (Å²) >= 11 is 0. The SMILES string of the molecule is NC(=NOCCOc1ccccc1)c1ccc(F)cc1. The highest BCUT2D eigenvalue weighted by atomic mass is 19.1. The summed E-state index contributed by atoms with van der Waals surface area (Å²) in [6.07, 6.45) is 0. The van der Waals surface area contributed by atoms with Gasteiger partial charge in [0, 0.05) is 5.56 Å². The quantitative estimate of drug-likeness (QED) is 0.381. The third kappa shape index (κ3) is 4.28. The number of benzene rings is 2. The van der Waals surface area contributed by atoms with Crippen LogP contribution in [0, 0.1) is 5.82 Å². The maximum absolute atomic E-state index is 12.7. The predicted octanol–water partition coefficient (Wildman–Crippen LogP) is 2.54. The number of hydrogen-bond acceptors (Lipinski definition) is 3. The first kappa shape index (κ1) is 13.9. The third-order valence-corrected chi connectivity index (χ3v) is 2.49. The number of oxime groups is 1. The molecule has 0 aromatic heterocycles. The second kappa shape index (κ2) is 7.13. The lowest BCUT2D eigenvalue weighted by atomic mass is 10.2. The van der Waals surface area contributed by atoms with E-state index in [1.807, 2.05) is 30.3 Å². The average Bonchev–Trinajstić information content (AvgIpc) is 2.48. The molecule has 0 saturated heterocycles. The van der Waals surface area contributed by atoms with Crippen LogP contribution in [0.3, 0.4) is 0 Å². The van der Waals surface area contributed by atoms with Gasteiger partial charge in [-0.1, -0.05) is 23.4 Å². The molecule has 0 aliphatic heterocycles. The normalized spacial score (nSPS) is 11.2. The van der Waals surface area contributed by atoms with E-state index in [-0.39, 0.29) is 18.3 Å². The molecule has 2 aromatic carbocycles. The van der Waals surface area contributed by atoms with Crippen molar-refractivity contribution in [2.75, 3.05) is 13.2 Å². The Balaban J connectivity index is 1.74. The molecule has 4 nitrogen and oxygen atoms in total. The summed E-state index contributed by atoms with van der Waals surface area (Å²) in [4.78, 5) is 5.05. The zero-order valence-corrected chi connectivity index (χ0v) is 10.8. The molecule has 0 spiro atoms. The molecule has 0 radical (unpaired) electrons. The highest BCUT2D eigenvalue weighted by Crippen LogP contribution is 2.07. The van der Waals surface area contributed by atoms with Crippen molar-refractivity contribution in [3.63, 3.8) is 0 Å². The maximum atomic E-state index is 12.7. The Kier molecular flexibility index (Phi) is 4.94. The summed E-state index contributed by atoms with van der Waals surface area (Å²) in [5.74, 6) is 0.648. The van der Waals surface area contributed by atoms with Gasteiger partial charge in [0.1, 0.15) is 18.2 Å². The number of nitrogens with zero attached hydrogens (tertiary/aromatic N) is 1. The second-order valence-corrected chi connectivity index (χ2v) is 3.98. The van der Waals surface area contributed by atoms with E-state index in [2.05, 4.69) is 5.16 Å². The fourth-order valence-electron chi connectivity index (χ4n) is 1.50. The number of ether oxygens (including phenoxy) is 1. The lowest BCUT2D eigenvalue weighted by Crippen LogP contribution is -2.15. The summed E-state index contributed by atoms with van der Waals surface area (Å²) < 4.78 is 18.2. The summed E-state index contributed by atoms with van der Waals surface area (Å²) in [5, 5.41) is 3.75. The molecule has 0 atom stereocenters. The van der Waals surface area contributed by atoms with E-state index >= 15 is 0 Å². The van der Waals surface area contributed by atoms with E-state index in [0.29, 0.717) is 12.2 Å². The van der Waals surface area contributed by atoms with Gasteiger partial charge in [-0.2, -0.15) is 0 Å². The fraction of sp³-hybridized carbons (Fsp3) is 0.133. The van der Waals surface area contributed by atoms with E-state index in [4.69, 9.17) is 15.3 Å². The Bertz CT molecular complexity index is 556. The van der Waals surface area contributed by atoms with Crippen LogP contribution in [0.5, 0.6) is 5.75 Å². The van der Waals surface area contributed by atoms with Crippen molar-refractivity contribution >= 4 is 5.84 Å². The molecule has 0 aliphatic carbocycles. The first-order valence-corrected chi connectivity index (χ1v) is 6.15. The molecule has 0 heterocycles. The molecule has 0 amide bonds. The summed E-state index contributed by atoms with van der Waals surface area (Å²) in [6, 6.07) is 15.1. The van der Waals surface area contributed by atoms with Crippen LogP contribution < -0.4 is 10.5 Å². The molecular weight excluding hydrogens is 259 g/mol.